The van der Waals surface area contributed by atoms with Gasteiger partial charge < -0.3 is 14.4 Å². The lowest BCUT2D eigenvalue weighted by atomic mass is 10.1. The van der Waals surface area contributed by atoms with Crippen LogP contribution in [0.1, 0.15) is 6.42 Å². The van der Waals surface area contributed by atoms with Gasteiger partial charge in [-0.2, -0.15) is 0 Å². The highest BCUT2D eigenvalue weighted by molar-refractivity contribution is 7.11. The van der Waals surface area contributed by atoms with Gasteiger partial charge >= 0.3 is 12.2 Å². The molecule has 0 aliphatic carbocycles. The summed E-state index contributed by atoms with van der Waals surface area (Å²) in [7, 11) is 3.60. The Balaban J connectivity index is 2.53. The molecular formula is C8H16N4O4P2. The Morgan fingerprint density at radius 1 is 1.28 bits per heavy atom. The quantitative estimate of drug-likeness (QED) is 0.377. The van der Waals surface area contributed by atoms with Crippen LogP contribution in [0.3, 0.4) is 0 Å². The van der Waals surface area contributed by atoms with Crippen LogP contribution in [-0.2, 0) is 9.05 Å². The molecule has 0 radical (unpaired) electrons. The smallest absolute Gasteiger partial charge is 0.416 e. The van der Waals surface area contributed by atoms with Crippen molar-refractivity contribution in [2.24, 2.45) is 10.9 Å². The number of rotatable bonds is 2. The SMILES string of the molecule is O=C(NC(=NC[C@H]1CCNC1)NC(=O)OP)OP. The summed E-state index contributed by atoms with van der Waals surface area (Å²) in [6.45, 7) is 2.33. The van der Waals surface area contributed by atoms with Crippen molar-refractivity contribution in [1.82, 2.24) is 16.0 Å². The van der Waals surface area contributed by atoms with E-state index in [4.69, 9.17) is 0 Å². The van der Waals surface area contributed by atoms with Gasteiger partial charge in [0.2, 0.25) is 5.96 Å². The van der Waals surface area contributed by atoms with E-state index in [1.165, 1.54) is 0 Å². The average Bonchev–Trinajstić information content (AvgIpc) is 2.88. The van der Waals surface area contributed by atoms with Crippen molar-refractivity contribution in [2.75, 3.05) is 19.6 Å². The van der Waals surface area contributed by atoms with E-state index in [2.05, 4.69) is 30.0 Å². The summed E-state index contributed by atoms with van der Waals surface area (Å²) in [5, 5.41) is 7.76. The molecule has 1 aliphatic heterocycles. The van der Waals surface area contributed by atoms with Gasteiger partial charge in [-0.05, 0) is 25.4 Å². The summed E-state index contributed by atoms with van der Waals surface area (Å²) in [4.78, 5) is 26.2. The van der Waals surface area contributed by atoms with E-state index in [-0.39, 0.29) is 5.96 Å². The highest BCUT2D eigenvalue weighted by Crippen LogP contribution is 2.07. The Bertz CT molecular complexity index is 313. The van der Waals surface area contributed by atoms with Crippen molar-refractivity contribution in [2.45, 2.75) is 6.42 Å². The number of nitrogens with zero attached hydrogens (tertiary/aromatic N) is 1. The highest BCUT2D eigenvalue weighted by atomic mass is 31.0. The lowest BCUT2D eigenvalue weighted by Crippen LogP contribution is -2.43. The fourth-order valence-corrected chi connectivity index (χ4v) is 1.57. The van der Waals surface area contributed by atoms with Gasteiger partial charge in [0.05, 0.1) is 18.9 Å². The Morgan fingerprint density at radius 3 is 2.33 bits per heavy atom. The molecule has 0 bridgehead atoms. The molecule has 1 saturated heterocycles. The van der Waals surface area contributed by atoms with E-state index < -0.39 is 12.2 Å². The molecule has 102 valence electrons. The zero-order valence-corrected chi connectivity index (χ0v) is 12.0. The molecule has 18 heavy (non-hydrogen) atoms. The molecule has 8 nitrogen and oxygen atoms in total. The number of aliphatic imine (C=N–C) groups is 1. The minimum Gasteiger partial charge on any atom is -0.435 e. The first-order valence-corrected chi connectivity index (χ1v) is 6.20. The maximum atomic E-state index is 11.0. The molecule has 0 aromatic carbocycles. The van der Waals surface area contributed by atoms with Gasteiger partial charge in [-0.25, -0.2) is 9.59 Å². The third kappa shape index (κ3) is 5.58. The Kier molecular flexibility index (Phi) is 6.86. The summed E-state index contributed by atoms with van der Waals surface area (Å²) >= 11 is 0. The molecular weight excluding hydrogens is 278 g/mol. The summed E-state index contributed by atoms with van der Waals surface area (Å²) < 4.78 is 8.69. The first-order valence-electron chi connectivity index (χ1n) is 5.26. The van der Waals surface area contributed by atoms with E-state index >= 15 is 0 Å². The topological polar surface area (TPSA) is 101 Å². The second-order valence-corrected chi connectivity index (χ2v) is 4.08. The fraction of sp³-hybridized carbons (Fsp3) is 0.625. The number of nitrogens with one attached hydrogen (secondary N) is 3. The molecule has 1 aliphatic rings. The van der Waals surface area contributed by atoms with Crippen molar-refractivity contribution >= 4 is 37.1 Å². The number of carbonyl (C=O) groups excluding carboxylic acids is 2. The van der Waals surface area contributed by atoms with Crippen LogP contribution in [-0.4, -0.2) is 37.8 Å². The lowest BCUT2D eigenvalue weighted by Gasteiger charge is -2.10. The van der Waals surface area contributed by atoms with Crippen LogP contribution in [0.4, 0.5) is 9.59 Å². The molecule has 3 atom stereocenters. The van der Waals surface area contributed by atoms with Crippen LogP contribution in [0.5, 0.6) is 0 Å². The first kappa shape index (κ1) is 15.1. The first-order chi connectivity index (χ1) is 8.65. The van der Waals surface area contributed by atoms with Crippen molar-refractivity contribution in [1.29, 1.82) is 0 Å². The monoisotopic (exact) mass is 294 g/mol. The summed E-state index contributed by atoms with van der Waals surface area (Å²) in [5.74, 6) is 0.393. The highest BCUT2D eigenvalue weighted by Gasteiger charge is 2.15. The average molecular weight is 294 g/mol. The van der Waals surface area contributed by atoms with Gasteiger partial charge in [0.25, 0.3) is 0 Å². The van der Waals surface area contributed by atoms with Gasteiger partial charge in [0.1, 0.15) is 0 Å². The van der Waals surface area contributed by atoms with Gasteiger partial charge in [0.15, 0.2) is 0 Å². The lowest BCUT2D eigenvalue weighted by molar-refractivity contribution is 0.210. The van der Waals surface area contributed by atoms with Crippen molar-refractivity contribution in [3.05, 3.63) is 0 Å². The molecule has 2 unspecified atom stereocenters. The number of hydrogen-bond donors (Lipinski definition) is 3. The molecule has 10 heteroatoms. The number of carbonyl (C=O) groups is 2. The Hall–Kier alpha value is -0.970. The molecule has 0 aromatic heterocycles. The molecule has 0 aromatic rings. The van der Waals surface area contributed by atoms with Crippen molar-refractivity contribution < 1.29 is 18.6 Å². The largest absolute Gasteiger partial charge is 0.435 e. The van der Waals surface area contributed by atoms with Crippen LogP contribution in [0.2, 0.25) is 0 Å². The zero-order valence-electron chi connectivity index (χ0n) is 9.64. The fourth-order valence-electron chi connectivity index (χ4n) is 1.45. The zero-order chi connectivity index (χ0) is 13.4. The normalized spacial score (nSPS) is 17.8. The third-order valence-electron chi connectivity index (χ3n) is 2.32. The third-order valence-corrected chi connectivity index (χ3v) is 2.75. The second kappa shape index (κ2) is 8.19. The van der Waals surface area contributed by atoms with E-state index in [9.17, 15) is 9.59 Å². The molecule has 2 amide bonds. The van der Waals surface area contributed by atoms with Crippen LogP contribution >= 0.6 is 18.9 Å². The number of hydrogen-bond acceptors (Lipinski definition) is 6. The summed E-state index contributed by atoms with van der Waals surface area (Å²) in [6.07, 6.45) is -0.474. The number of amides is 2. The molecule has 0 saturated carbocycles. The Labute approximate surface area is 109 Å². The van der Waals surface area contributed by atoms with Crippen molar-refractivity contribution in [3.8, 4) is 0 Å². The molecule has 0 spiro atoms. The van der Waals surface area contributed by atoms with Gasteiger partial charge in [-0.15, -0.1) is 0 Å². The maximum Gasteiger partial charge on any atom is 0.416 e. The minimum atomic E-state index is -0.743. The van der Waals surface area contributed by atoms with Crippen LogP contribution in [0, 0.1) is 5.92 Å². The molecule has 3 N–H and O–H groups in total. The maximum absolute atomic E-state index is 11.0. The van der Waals surface area contributed by atoms with E-state index in [0.29, 0.717) is 12.5 Å². The van der Waals surface area contributed by atoms with Gasteiger partial charge in [-0.3, -0.25) is 15.6 Å². The van der Waals surface area contributed by atoms with E-state index in [1.54, 1.807) is 18.9 Å². The van der Waals surface area contributed by atoms with E-state index in [0.717, 1.165) is 19.5 Å². The van der Waals surface area contributed by atoms with E-state index in [1.807, 2.05) is 0 Å². The summed E-state index contributed by atoms with van der Waals surface area (Å²) in [5.41, 5.74) is 0. The minimum absolute atomic E-state index is 0.00167. The van der Waals surface area contributed by atoms with Gasteiger partial charge in [0, 0.05) is 6.54 Å². The standard InChI is InChI=1S/C8H16N4O4P2/c13-7(15-17)11-6(12-8(14)16-18)10-4-5-1-2-9-3-5/h5,9H,1-4,17-18H2,(H2,10,11,12,13,14)/t5-/m0/s1. The molecule has 1 fully saturated rings. The second-order valence-electron chi connectivity index (χ2n) is 3.61. The predicted octanol–water partition coefficient (Wildman–Crippen LogP) is -0.0155. The van der Waals surface area contributed by atoms with Crippen LogP contribution < -0.4 is 16.0 Å². The predicted molar refractivity (Wildman–Crippen MR) is 71.9 cm³/mol. The summed E-state index contributed by atoms with van der Waals surface area (Å²) in [6, 6.07) is 0. The van der Waals surface area contributed by atoms with Crippen LogP contribution in [0.15, 0.2) is 4.99 Å². The molecule has 1 heterocycles. The Morgan fingerprint density at radius 2 is 1.89 bits per heavy atom. The van der Waals surface area contributed by atoms with Gasteiger partial charge in [-0.1, -0.05) is 0 Å². The van der Waals surface area contributed by atoms with Crippen molar-refractivity contribution in [3.63, 3.8) is 0 Å². The molecule has 1 rings (SSSR count). The number of guanidine groups is 1. The van der Waals surface area contributed by atoms with Crippen LogP contribution in [0.25, 0.3) is 0 Å².